The number of fused-ring (bicyclic) bond motifs is 1. The highest BCUT2D eigenvalue weighted by Crippen LogP contribution is 2.33. The maximum absolute atomic E-state index is 13.4. The minimum atomic E-state index is -0.217. The van der Waals surface area contributed by atoms with Gasteiger partial charge >= 0.3 is 0 Å². The van der Waals surface area contributed by atoms with Crippen LogP contribution in [-0.4, -0.2) is 36.9 Å². The molecule has 140 valence electrons. The van der Waals surface area contributed by atoms with Crippen molar-refractivity contribution >= 4 is 11.6 Å². The van der Waals surface area contributed by atoms with Gasteiger partial charge in [0.25, 0.3) is 5.91 Å². The molecule has 0 saturated carbocycles. The summed E-state index contributed by atoms with van der Waals surface area (Å²) in [5.41, 5.74) is 2.97. The first-order chi connectivity index (χ1) is 13.7. The Balaban J connectivity index is 1.48. The smallest absolute Gasteiger partial charge is 0.273 e. The first kappa shape index (κ1) is 16.7. The number of carbonyl (C=O) groups is 1. The number of rotatable bonds is 3. The zero-order valence-electron chi connectivity index (χ0n) is 15.4. The number of likely N-dealkylation sites (tertiary alicyclic amines) is 1. The van der Waals surface area contributed by atoms with Crippen molar-refractivity contribution in [3.8, 4) is 11.4 Å². The molecule has 1 aliphatic rings. The van der Waals surface area contributed by atoms with Crippen molar-refractivity contribution in [2.75, 3.05) is 6.54 Å². The lowest BCUT2D eigenvalue weighted by molar-refractivity contribution is 0.0702. The highest BCUT2D eigenvalue weighted by molar-refractivity contribution is 5.95. The molecule has 1 atom stereocenters. The van der Waals surface area contributed by atoms with Crippen molar-refractivity contribution in [2.45, 2.75) is 25.8 Å². The Kier molecular flexibility index (Phi) is 3.93. The van der Waals surface area contributed by atoms with E-state index in [1.54, 1.807) is 0 Å². The van der Waals surface area contributed by atoms with Crippen molar-refractivity contribution in [3.63, 3.8) is 0 Å². The van der Waals surface area contributed by atoms with E-state index in [1.165, 1.54) is 0 Å². The van der Waals surface area contributed by atoms with Crippen LogP contribution in [0.15, 0.2) is 59.3 Å². The lowest BCUT2D eigenvalue weighted by Crippen LogP contribution is -2.32. The van der Waals surface area contributed by atoms with Crippen LogP contribution in [0, 0.1) is 6.92 Å². The lowest BCUT2D eigenvalue weighted by Gasteiger charge is -2.21. The van der Waals surface area contributed by atoms with Crippen LogP contribution in [0.1, 0.15) is 41.0 Å². The standard InChI is InChI=1S/C21H19N5O2/c1-14-18(26-12-6-5-11-17(26)22-14)21(27)25-13-7-10-16(25)20-23-19(24-28-20)15-8-3-2-4-9-15/h2-6,8-9,11-12,16H,7,10,13H2,1H3/t16-/m0/s1. The lowest BCUT2D eigenvalue weighted by atomic mass is 10.2. The van der Waals surface area contributed by atoms with Crippen molar-refractivity contribution in [3.05, 3.63) is 72.0 Å². The summed E-state index contributed by atoms with van der Waals surface area (Å²) in [4.78, 5) is 24.3. The van der Waals surface area contributed by atoms with Gasteiger partial charge in [0.15, 0.2) is 0 Å². The molecule has 1 aromatic carbocycles. The van der Waals surface area contributed by atoms with E-state index in [0.29, 0.717) is 24.0 Å². The minimum absolute atomic E-state index is 0.0573. The van der Waals surface area contributed by atoms with Crippen LogP contribution in [0.5, 0.6) is 0 Å². The Bertz CT molecular complexity index is 1150. The number of aryl methyl sites for hydroxylation is 1. The number of nitrogens with zero attached hydrogens (tertiary/aromatic N) is 5. The molecular weight excluding hydrogens is 354 g/mol. The molecule has 28 heavy (non-hydrogen) atoms. The molecule has 4 aromatic rings. The second-order valence-corrected chi connectivity index (χ2v) is 6.95. The van der Waals surface area contributed by atoms with Gasteiger partial charge in [-0.15, -0.1) is 0 Å². The molecule has 4 heterocycles. The Morgan fingerprint density at radius 2 is 1.93 bits per heavy atom. The number of hydrogen-bond donors (Lipinski definition) is 0. The summed E-state index contributed by atoms with van der Waals surface area (Å²) < 4.78 is 7.38. The van der Waals surface area contributed by atoms with Gasteiger partial charge in [-0.2, -0.15) is 4.98 Å². The maximum atomic E-state index is 13.4. The summed E-state index contributed by atoms with van der Waals surface area (Å²) in [6, 6.07) is 15.2. The highest BCUT2D eigenvalue weighted by atomic mass is 16.5. The summed E-state index contributed by atoms with van der Waals surface area (Å²) >= 11 is 0. The van der Waals surface area contributed by atoms with E-state index < -0.39 is 0 Å². The first-order valence-electron chi connectivity index (χ1n) is 9.36. The largest absolute Gasteiger partial charge is 0.337 e. The number of amides is 1. The van der Waals surface area contributed by atoms with Crippen LogP contribution in [0.25, 0.3) is 17.0 Å². The van der Waals surface area contributed by atoms with Crippen LogP contribution in [0.4, 0.5) is 0 Å². The van der Waals surface area contributed by atoms with Crippen molar-refractivity contribution in [1.82, 2.24) is 24.4 Å². The quantitative estimate of drug-likeness (QED) is 0.548. The molecule has 0 N–H and O–H groups in total. The van der Waals surface area contributed by atoms with Gasteiger partial charge in [0.2, 0.25) is 11.7 Å². The average molecular weight is 373 g/mol. The Labute approximate surface area is 161 Å². The molecule has 0 unspecified atom stereocenters. The summed E-state index contributed by atoms with van der Waals surface area (Å²) in [5, 5.41) is 4.11. The molecule has 3 aromatic heterocycles. The van der Waals surface area contributed by atoms with E-state index in [2.05, 4.69) is 15.1 Å². The topological polar surface area (TPSA) is 76.5 Å². The van der Waals surface area contributed by atoms with E-state index in [-0.39, 0.29) is 11.9 Å². The zero-order chi connectivity index (χ0) is 19.1. The van der Waals surface area contributed by atoms with E-state index in [0.717, 1.165) is 29.7 Å². The molecule has 1 aliphatic heterocycles. The van der Waals surface area contributed by atoms with E-state index >= 15 is 0 Å². The van der Waals surface area contributed by atoms with Gasteiger partial charge in [-0.25, -0.2) is 4.98 Å². The molecule has 0 aliphatic carbocycles. The maximum Gasteiger partial charge on any atom is 0.273 e. The van der Waals surface area contributed by atoms with Crippen molar-refractivity contribution in [1.29, 1.82) is 0 Å². The second kappa shape index (κ2) is 6.60. The summed E-state index contributed by atoms with van der Waals surface area (Å²) in [6.07, 6.45) is 3.57. The third kappa shape index (κ3) is 2.67. The van der Waals surface area contributed by atoms with Crippen LogP contribution in [0.3, 0.4) is 0 Å². The molecule has 5 rings (SSSR count). The highest BCUT2D eigenvalue weighted by Gasteiger charge is 2.36. The van der Waals surface area contributed by atoms with Gasteiger partial charge in [0.1, 0.15) is 17.4 Å². The van der Waals surface area contributed by atoms with Gasteiger partial charge < -0.3 is 9.42 Å². The average Bonchev–Trinajstić information content (AvgIpc) is 3.45. The fourth-order valence-electron chi connectivity index (χ4n) is 3.85. The van der Waals surface area contributed by atoms with Gasteiger partial charge in [-0.1, -0.05) is 41.6 Å². The van der Waals surface area contributed by atoms with E-state index in [1.807, 2.05) is 71.0 Å². The molecule has 1 saturated heterocycles. The van der Waals surface area contributed by atoms with Crippen molar-refractivity contribution < 1.29 is 9.32 Å². The molecule has 1 amide bonds. The summed E-state index contributed by atoms with van der Waals surface area (Å²) in [6.45, 7) is 2.53. The predicted molar refractivity (Wildman–Crippen MR) is 103 cm³/mol. The molecule has 0 spiro atoms. The zero-order valence-corrected chi connectivity index (χ0v) is 15.4. The fourth-order valence-corrected chi connectivity index (χ4v) is 3.85. The van der Waals surface area contributed by atoms with Crippen LogP contribution in [-0.2, 0) is 0 Å². The molecule has 7 nitrogen and oxygen atoms in total. The van der Waals surface area contributed by atoms with Crippen LogP contribution in [0.2, 0.25) is 0 Å². The third-order valence-electron chi connectivity index (χ3n) is 5.18. The summed E-state index contributed by atoms with van der Waals surface area (Å²) in [5.74, 6) is 0.968. The Morgan fingerprint density at radius 3 is 2.79 bits per heavy atom. The molecule has 0 radical (unpaired) electrons. The predicted octanol–water partition coefficient (Wildman–Crippen LogP) is 3.67. The number of benzene rings is 1. The number of aromatic nitrogens is 4. The third-order valence-corrected chi connectivity index (χ3v) is 5.18. The van der Waals surface area contributed by atoms with Crippen LogP contribution >= 0.6 is 0 Å². The van der Waals surface area contributed by atoms with Crippen molar-refractivity contribution in [2.24, 2.45) is 0 Å². The van der Waals surface area contributed by atoms with E-state index in [9.17, 15) is 4.79 Å². The Morgan fingerprint density at radius 1 is 1.11 bits per heavy atom. The monoisotopic (exact) mass is 373 g/mol. The second-order valence-electron chi connectivity index (χ2n) is 6.95. The van der Waals surface area contributed by atoms with Gasteiger partial charge in [-0.05, 0) is 31.9 Å². The number of pyridine rings is 1. The number of carbonyl (C=O) groups excluding carboxylic acids is 1. The minimum Gasteiger partial charge on any atom is -0.337 e. The molecular formula is C21H19N5O2. The number of hydrogen-bond acceptors (Lipinski definition) is 5. The van der Waals surface area contributed by atoms with Gasteiger partial charge in [0, 0.05) is 18.3 Å². The molecule has 0 bridgehead atoms. The molecule has 1 fully saturated rings. The van der Waals surface area contributed by atoms with E-state index in [4.69, 9.17) is 4.52 Å². The molecule has 7 heteroatoms. The SMILES string of the molecule is Cc1nc2ccccn2c1C(=O)N1CCC[C@H]1c1nc(-c2ccccc2)no1. The van der Waals surface area contributed by atoms with Gasteiger partial charge in [-0.3, -0.25) is 9.20 Å². The normalized spacial score (nSPS) is 16.8. The number of imidazole rings is 1. The van der Waals surface area contributed by atoms with Gasteiger partial charge in [0.05, 0.1) is 5.69 Å². The fraction of sp³-hybridized carbons (Fsp3) is 0.238. The Hall–Kier alpha value is -3.48. The summed E-state index contributed by atoms with van der Waals surface area (Å²) in [7, 11) is 0. The van der Waals surface area contributed by atoms with Crippen LogP contribution < -0.4 is 0 Å². The first-order valence-corrected chi connectivity index (χ1v) is 9.36.